The Kier molecular flexibility index (Phi) is 6.49. The Bertz CT molecular complexity index is 1030. The van der Waals surface area contributed by atoms with Crippen LogP contribution < -0.4 is 15.4 Å². The number of piperidine rings is 1. The van der Waals surface area contributed by atoms with Crippen LogP contribution in [0.5, 0.6) is 0 Å². The first kappa shape index (κ1) is 22.3. The number of hydrogen-bond donors (Lipinski definition) is 3. The molecule has 0 bridgehead atoms. The fourth-order valence-corrected chi connectivity index (χ4v) is 4.92. The Morgan fingerprint density at radius 3 is 2.40 bits per heavy atom. The molecule has 3 N–H and O–H groups in total. The number of anilines is 1. The minimum Gasteiger partial charge on any atom is -0.326 e. The van der Waals surface area contributed by atoms with Crippen molar-refractivity contribution < 1.29 is 26.4 Å². The van der Waals surface area contributed by atoms with E-state index in [1.165, 1.54) is 13.0 Å². The van der Waals surface area contributed by atoms with Gasteiger partial charge in [-0.25, -0.2) is 13.1 Å². The van der Waals surface area contributed by atoms with Crippen molar-refractivity contribution in [3.05, 3.63) is 48.0 Å². The lowest BCUT2D eigenvalue weighted by molar-refractivity contribution is -0.139. The van der Waals surface area contributed by atoms with Crippen LogP contribution in [0.2, 0.25) is 0 Å². The van der Waals surface area contributed by atoms with Crippen LogP contribution >= 0.6 is 0 Å². The number of carbonyl (C=O) groups excluding carboxylic acids is 1. The Morgan fingerprint density at radius 1 is 1.10 bits per heavy atom. The summed E-state index contributed by atoms with van der Waals surface area (Å²) in [4.78, 5) is 10.6. The van der Waals surface area contributed by atoms with Crippen molar-refractivity contribution in [3.8, 4) is 11.1 Å². The van der Waals surface area contributed by atoms with E-state index in [0.29, 0.717) is 37.2 Å². The lowest BCUT2D eigenvalue weighted by atomic mass is 10.0. The third-order valence-corrected chi connectivity index (χ3v) is 6.36. The zero-order valence-electron chi connectivity index (χ0n) is 16.2. The van der Waals surface area contributed by atoms with Gasteiger partial charge in [-0.3, -0.25) is 4.79 Å². The summed E-state index contributed by atoms with van der Waals surface area (Å²) in [7, 11) is -4.37. The van der Waals surface area contributed by atoms with E-state index in [-0.39, 0.29) is 11.5 Å². The lowest BCUT2D eigenvalue weighted by Crippen LogP contribution is -2.43. The van der Waals surface area contributed by atoms with Gasteiger partial charge in [0.2, 0.25) is 15.9 Å². The summed E-state index contributed by atoms with van der Waals surface area (Å²) in [6.45, 7) is 2.48. The van der Waals surface area contributed by atoms with Gasteiger partial charge in [0.1, 0.15) is 0 Å². The van der Waals surface area contributed by atoms with Crippen LogP contribution in [0.25, 0.3) is 11.1 Å². The Morgan fingerprint density at radius 2 is 1.77 bits per heavy atom. The fourth-order valence-electron chi connectivity index (χ4n) is 3.41. The number of alkyl halides is 3. The van der Waals surface area contributed by atoms with Crippen LogP contribution in [-0.2, 0) is 21.0 Å². The molecular formula is C20H22F3N3O3S. The second kappa shape index (κ2) is 8.75. The SMILES string of the molecule is CC(=O)Nc1ccccc1-c1ccc(S(=O)(=O)NC2CCNCC2)c(C(F)(F)F)c1. The number of nitrogens with one attached hydrogen (secondary N) is 3. The molecule has 2 aromatic rings. The first-order valence-electron chi connectivity index (χ1n) is 9.39. The van der Waals surface area contributed by atoms with Crippen LogP contribution in [0.15, 0.2) is 47.4 Å². The zero-order valence-corrected chi connectivity index (χ0v) is 17.0. The highest BCUT2D eigenvalue weighted by molar-refractivity contribution is 7.89. The van der Waals surface area contributed by atoms with Crippen LogP contribution in [0.1, 0.15) is 25.3 Å². The van der Waals surface area contributed by atoms with E-state index >= 15 is 0 Å². The quantitative estimate of drug-likeness (QED) is 0.664. The average molecular weight is 441 g/mol. The largest absolute Gasteiger partial charge is 0.417 e. The molecule has 1 aliphatic rings. The molecule has 1 heterocycles. The van der Waals surface area contributed by atoms with E-state index in [0.717, 1.165) is 12.1 Å². The van der Waals surface area contributed by atoms with Gasteiger partial charge in [0.25, 0.3) is 0 Å². The minimum atomic E-state index is -4.88. The van der Waals surface area contributed by atoms with E-state index in [9.17, 15) is 26.4 Å². The second-order valence-corrected chi connectivity index (χ2v) is 8.76. The van der Waals surface area contributed by atoms with Crippen LogP contribution in [0.4, 0.5) is 18.9 Å². The monoisotopic (exact) mass is 441 g/mol. The molecule has 1 fully saturated rings. The lowest BCUT2D eigenvalue weighted by Gasteiger charge is -2.24. The molecule has 3 rings (SSSR count). The molecule has 162 valence electrons. The minimum absolute atomic E-state index is 0.146. The average Bonchev–Trinajstić information content (AvgIpc) is 2.67. The van der Waals surface area contributed by atoms with Gasteiger partial charge in [0, 0.05) is 24.2 Å². The smallest absolute Gasteiger partial charge is 0.326 e. The highest BCUT2D eigenvalue weighted by atomic mass is 32.2. The van der Waals surface area contributed by atoms with Crippen LogP contribution in [-0.4, -0.2) is 33.5 Å². The number of sulfonamides is 1. The third kappa shape index (κ3) is 5.18. The van der Waals surface area contributed by atoms with Crippen molar-refractivity contribution >= 4 is 21.6 Å². The summed E-state index contributed by atoms with van der Waals surface area (Å²) >= 11 is 0. The van der Waals surface area contributed by atoms with E-state index < -0.39 is 32.7 Å². The molecule has 0 aromatic heterocycles. The second-order valence-electron chi connectivity index (χ2n) is 7.08. The number of para-hydroxylation sites is 1. The standard InChI is InChI=1S/C20H22F3N3O3S/c1-13(27)25-18-5-3-2-4-16(18)14-6-7-19(17(12-14)20(21,22)23)30(28,29)26-15-8-10-24-11-9-15/h2-7,12,15,24,26H,8-11H2,1H3,(H,25,27). The third-order valence-electron chi connectivity index (χ3n) is 4.78. The van der Waals surface area contributed by atoms with Crippen molar-refractivity contribution in [2.75, 3.05) is 18.4 Å². The maximum Gasteiger partial charge on any atom is 0.417 e. The van der Waals surface area contributed by atoms with Crippen molar-refractivity contribution in [2.24, 2.45) is 0 Å². The summed E-state index contributed by atoms with van der Waals surface area (Å²) in [6.07, 6.45) is -3.87. The van der Waals surface area contributed by atoms with Gasteiger partial charge in [-0.05, 0) is 49.7 Å². The normalized spacial score (nSPS) is 15.7. The number of carbonyl (C=O) groups is 1. The maximum atomic E-state index is 13.8. The van der Waals surface area contributed by atoms with Gasteiger partial charge in [-0.2, -0.15) is 13.2 Å². The van der Waals surface area contributed by atoms with Gasteiger partial charge in [0.05, 0.1) is 10.5 Å². The summed E-state index contributed by atoms with van der Waals surface area (Å²) < 4.78 is 69.3. The highest BCUT2D eigenvalue weighted by Gasteiger charge is 2.38. The summed E-state index contributed by atoms with van der Waals surface area (Å²) in [6, 6.07) is 9.04. The summed E-state index contributed by atoms with van der Waals surface area (Å²) in [5.74, 6) is -0.371. The molecule has 10 heteroatoms. The number of hydrogen-bond acceptors (Lipinski definition) is 4. The molecule has 30 heavy (non-hydrogen) atoms. The molecule has 0 spiro atoms. The van der Waals surface area contributed by atoms with Crippen LogP contribution in [0, 0.1) is 0 Å². The number of amides is 1. The topological polar surface area (TPSA) is 87.3 Å². The van der Waals surface area contributed by atoms with E-state index in [1.807, 2.05) is 0 Å². The van der Waals surface area contributed by atoms with Crippen molar-refractivity contribution in [3.63, 3.8) is 0 Å². The van der Waals surface area contributed by atoms with Gasteiger partial charge >= 0.3 is 6.18 Å². The summed E-state index contributed by atoms with van der Waals surface area (Å²) in [5, 5.41) is 5.65. The van der Waals surface area contributed by atoms with Crippen molar-refractivity contribution in [1.82, 2.24) is 10.0 Å². The molecule has 0 atom stereocenters. The van der Waals surface area contributed by atoms with Gasteiger partial charge in [0.15, 0.2) is 0 Å². The number of halogens is 3. The highest BCUT2D eigenvalue weighted by Crippen LogP contribution is 2.38. The first-order chi connectivity index (χ1) is 14.1. The Balaban J connectivity index is 2.05. The molecule has 2 aromatic carbocycles. The van der Waals surface area contributed by atoms with Gasteiger partial charge in [-0.15, -0.1) is 0 Å². The van der Waals surface area contributed by atoms with Crippen molar-refractivity contribution in [2.45, 2.75) is 36.9 Å². The Hall–Kier alpha value is -2.43. The molecule has 0 unspecified atom stereocenters. The fraction of sp³-hybridized carbons (Fsp3) is 0.350. The van der Waals surface area contributed by atoms with Gasteiger partial charge < -0.3 is 10.6 Å². The van der Waals surface area contributed by atoms with E-state index in [2.05, 4.69) is 15.4 Å². The van der Waals surface area contributed by atoms with E-state index in [1.54, 1.807) is 24.3 Å². The Labute approximate surface area is 172 Å². The van der Waals surface area contributed by atoms with Crippen LogP contribution in [0.3, 0.4) is 0 Å². The molecule has 0 radical (unpaired) electrons. The zero-order chi connectivity index (χ0) is 21.9. The first-order valence-corrected chi connectivity index (χ1v) is 10.9. The molecule has 0 aliphatic carbocycles. The van der Waals surface area contributed by atoms with Gasteiger partial charge in [-0.1, -0.05) is 24.3 Å². The molecule has 6 nitrogen and oxygen atoms in total. The van der Waals surface area contributed by atoms with Crippen molar-refractivity contribution in [1.29, 1.82) is 0 Å². The molecule has 1 saturated heterocycles. The predicted molar refractivity (Wildman–Crippen MR) is 107 cm³/mol. The molecular weight excluding hydrogens is 419 g/mol. The number of rotatable bonds is 5. The number of benzene rings is 2. The maximum absolute atomic E-state index is 13.8. The van der Waals surface area contributed by atoms with E-state index in [4.69, 9.17) is 0 Å². The predicted octanol–water partition coefficient (Wildman–Crippen LogP) is 3.36. The molecule has 0 saturated carbocycles. The molecule has 1 amide bonds. The molecule has 1 aliphatic heterocycles. The summed E-state index contributed by atoms with van der Waals surface area (Å²) in [5.41, 5.74) is -0.415.